The third-order valence-corrected chi connectivity index (χ3v) is 5.09. The van der Waals surface area contributed by atoms with Gasteiger partial charge in [-0.3, -0.25) is 0 Å². The van der Waals surface area contributed by atoms with Crippen molar-refractivity contribution in [1.29, 1.82) is 0 Å². The second kappa shape index (κ2) is 11.6. The van der Waals surface area contributed by atoms with Crippen molar-refractivity contribution in [2.24, 2.45) is 10.9 Å². The predicted octanol–water partition coefficient (Wildman–Crippen LogP) is 3.74. The standard InChI is InChI=1S/C21H35N3O3/c1-5-22-21(23-14-8-11-16-9-6-7-10-16)24-15-17-12-13-18(25-2)20(27-4)19(17)26-3/h12-13,16H,5-11,14-15H2,1-4H3,(H2,22,23,24). The number of hydrogen-bond acceptors (Lipinski definition) is 4. The molecule has 0 bridgehead atoms. The van der Waals surface area contributed by atoms with E-state index in [-0.39, 0.29) is 0 Å². The van der Waals surface area contributed by atoms with Crippen molar-refractivity contribution in [3.05, 3.63) is 17.7 Å². The van der Waals surface area contributed by atoms with E-state index in [9.17, 15) is 0 Å². The number of guanidine groups is 1. The lowest BCUT2D eigenvalue weighted by atomic mass is 10.0. The average molecular weight is 378 g/mol. The topological polar surface area (TPSA) is 64.1 Å². The summed E-state index contributed by atoms with van der Waals surface area (Å²) in [7, 11) is 4.87. The molecular formula is C21H35N3O3. The summed E-state index contributed by atoms with van der Waals surface area (Å²) < 4.78 is 16.3. The Morgan fingerprint density at radius 3 is 2.41 bits per heavy atom. The summed E-state index contributed by atoms with van der Waals surface area (Å²) in [6.45, 7) is 4.36. The first kappa shape index (κ1) is 21.2. The van der Waals surface area contributed by atoms with Crippen molar-refractivity contribution in [3.63, 3.8) is 0 Å². The van der Waals surface area contributed by atoms with Crippen molar-refractivity contribution >= 4 is 5.96 Å². The minimum Gasteiger partial charge on any atom is -0.493 e. The van der Waals surface area contributed by atoms with E-state index in [2.05, 4.69) is 17.6 Å². The molecule has 27 heavy (non-hydrogen) atoms. The van der Waals surface area contributed by atoms with E-state index in [1.807, 2.05) is 12.1 Å². The Bertz CT molecular complexity index is 599. The SMILES string of the molecule is CCNC(=NCc1ccc(OC)c(OC)c1OC)NCCCC1CCCC1. The molecule has 1 aliphatic rings. The number of aliphatic imine (C=N–C) groups is 1. The molecule has 1 saturated carbocycles. The van der Waals surface area contributed by atoms with Crippen LogP contribution >= 0.6 is 0 Å². The summed E-state index contributed by atoms with van der Waals surface area (Å²) in [5, 5.41) is 6.76. The van der Waals surface area contributed by atoms with Crippen LogP contribution in [0, 0.1) is 5.92 Å². The van der Waals surface area contributed by atoms with E-state index in [4.69, 9.17) is 19.2 Å². The van der Waals surface area contributed by atoms with Gasteiger partial charge in [-0.1, -0.05) is 25.7 Å². The van der Waals surface area contributed by atoms with Crippen LogP contribution in [0.4, 0.5) is 0 Å². The molecule has 0 unspecified atom stereocenters. The molecule has 1 aromatic rings. The molecule has 0 saturated heterocycles. The number of benzene rings is 1. The zero-order chi connectivity index (χ0) is 19.5. The molecular weight excluding hydrogens is 342 g/mol. The summed E-state index contributed by atoms with van der Waals surface area (Å²) in [6.07, 6.45) is 8.15. The van der Waals surface area contributed by atoms with Crippen molar-refractivity contribution in [2.45, 2.75) is 52.0 Å². The first-order valence-corrected chi connectivity index (χ1v) is 10.0. The number of nitrogens with one attached hydrogen (secondary N) is 2. The number of ether oxygens (including phenoxy) is 3. The van der Waals surface area contributed by atoms with Gasteiger partial charge < -0.3 is 24.8 Å². The Labute approximate surface area is 163 Å². The van der Waals surface area contributed by atoms with Crippen molar-refractivity contribution in [1.82, 2.24) is 10.6 Å². The second-order valence-electron chi connectivity index (χ2n) is 6.91. The first-order chi connectivity index (χ1) is 13.2. The van der Waals surface area contributed by atoms with Crippen LogP contribution in [0.1, 0.15) is 51.0 Å². The van der Waals surface area contributed by atoms with Gasteiger partial charge in [0.1, 0.15) is 0 Å². The monoisotopic (exact) mass is 377 g/mol. The molecule has 0 aromatic heterocycles. The molecule has 152 valence electrons. The number of methoxy groups -OCH3 is 3. The van der Waals surface area contributed by atoms with Crippen LogP contribution in [0.2, 0.25) is 0 Å². The van der Waals surface area contributed by atoms with Gasteiger partial charge in [0.25, 0.3) is 0 Å². The van der Waals surface area contributed by atoms with E-state index >= 15 is 0 Å². The normalized spacial score (nSPS) is 14.9. The molecule has 1 fully saturated rings. The lowest BCUT2D eigenvalue weighted by molar-refractivity contribution is 0.322. The van der Waals surface area contributed by atoms with Gasteiger partial charge in [0.2, 0.25) is 5.75 Å². The third kappa shape index (κ3) is 6.22. The fraction of sp³-hybridized carbons (Fsp3) is 0.667. The zero-order valence-corrected chi connectivity index (χ0v) is 17.3. The Morgan fingerprint density at radius 1 is 1.04 bits per heavy atom. The highest BCUT2D eigenvalue weighted by atomic mass is 16.5. The van der Waals surface area contributed by atoms with Gasteiger partial charge in [-0.2, -0.15) is 0 Å². The van der Waals surface area contributed by atoms with E-state index < -0.39 is 0 Å². The highest BCUT2D eigenvalue weighted by Crippen LogP contribution is 2.39. The number of nitrogens with zero attached hydrogens (tertiary/aromatic N) is 1. The summed E-state index contributed by atoms with van der Waals surface area (Å²) in [5.74, 6) is 3.68. The van der Waals surface area contributed by atoms with Gasteiger partial charge in [-0.25, -0.2) is 4.99 Å². The maximum Gasteiger partial charge on any atom is 0.203 e. The van der Waals surface area contributed by atoms with Crippen LogP contribution in [0.25, 0.3) is 0 Å². The molecule has 2 rings (SSSR count). The Kier molecular flexibility index (Phi) is 9.08. The van der Waals surface area contributed by atoms with Crippen molar-refractivity contribution in [2.75, 3.05) is 34.4 Å². The molecule has 1 aliphatic carbocycles. The van der Waals surface area contributed by atoms with Crippen LogP contribution in [0.3, 0.4) is 0 Å². The van der Waals surface area contributed by atoms with E-state index in [0.29, 0.717) is 23.8 Å². The molecule has 0 spiro atoms. The molecule has 0 radical (unpaired) electrons. The highest BCUT2D eigenvalue weighted by Gasteiger charge is 2.16. The van der Waals surface area contributed by atoms with E-state index in [0.717, 1.165) is 30.5 Å². The first-order valence-electron chi connectivity index (χ1n) is 10.0. The number of hydrogen-bond donors (Lipinski definition) is 2. The van der Waals surface area contributed by atoms with Crippen LogP contribution < -0.4 is 24.8 Å². The lowest BCUT2D eigenvalue weighted by Gasteiger charge is -2.16. The Balaban J connectivity index is 1.96. The van der Waals surface area contributed by atoms with Gasteiger partial charge in [0.05, 0.1) is 27.9 Å². The van der Waals surface area contributed by atoms with Crippen molar-refractivity contribution < 1.29 is 14.2 Å². The van der Waals surface area contributed by atoms with Crippen LogP contribution in [-0.4, -0.2) is 40.4 Å². The molecule has 6 nitrogen and oxygen atoms in total. The van der Waals surface area contributed by atoms with Crippen LogP contribution in [-0.2, 0) is 6.54 Å². The molecule has 1 aromatic carbocycles. The second-order valence-corrected chi connectivity index (χ2v) is 6.91. The van der Waals surface area contributed by atoms with Gasteiger partial charge in [-0.05, 0) is 37.8 Å². The van der Waals surface area contributed by atoms with Crippen LogP contribution in [0.15, 0.2) is 17.1 Å². The predicted molar refractivity (Wildman–Crippen MR) is 110 cm³/mol. The smallest absolute Gasteiger partial charge is 0.203 e. The van der Waals surface area contributed by atoms with E-state index in [1.165, 1.54) is 38.5 Å². The maximum atomic E-state index is 5.54. The van der Waals surface area contributed by atoms with Gasteiger partial charge >= 0.3 is 0 Å². The minimum absolute atomic E-state index is 0.501. The molecule has 0 heterocycles. The quantitative estimate of drug-likeness (QED) is 0.369. The highest BCUT2D eigenvalue weighted by molar-refractivity contribution is 5.79. The van der Waals surface area contributed by atoms with Gasteiger partial charge in [-0.15, -0.1) is 0 Å². The molecule has 6 heteroatoms. The Morgan fingerprint density at radius 2 is 1.78 bits per heavy atom. The summed E-state index contributed by atoms with van der Waals surface area (Å²) in [5.41, 5.74) is 0.957. The fourth-order valence-electron chi connectivity index (χ4n) is 3.69. The average Bonchev–Trinajstić information content (AvgIpc) is 3.21. The maximum absolute atomic E-state index is 5.54. The Hall–Kier alpha value is -2.11. The molecule has 0 aliphatic heterocycles. The molecule has 0 amide bonds. The molecule has 0 atom stereocenters. The minimum atomic E-state index is 0.501. The fourth-order valence-corrected chi connectivity index (χ4v) is 3.69. The van der Waals surface area contributed by atoms with Gasteiger partial charge in [0.15, 0.2) is 17.5 Å². The summed E-state index contributed by atoms with van der Waals surface area (Å²) in [6, 6.07) is 3.85. The van der Waals surface area contributed by atoms with E-state index in [1.54, 1.807) is 21.3 Å². The summed E-state index contributed by atoms with van der Waals surface area (Å²) >= 11 is 0. The van der Waals surface area contributed by atoms with Crippen molar-refractivity contribution in [3.8, 4) is 17.2 Å². The molecule has 2 N–H and O–H groups in total. The summed E-state index contributed by atoms with van der Waals surface area (Å²) in [4.78, 5) is 4.71. The number of rotatable bonds is 10. The van der Waals surface area contributed by atoms with Crippen LogP contribution in [0.5, 0.6) is 17.2 Å². The largest absolute Gasteiger partial charge is 0.493 e. The third-order valence-electron chi connectivity index (χ3n) is 5.09. The lowest BCUT2D eigenvalue weighted by Crippen LogP contribution is -2.37. The van der Waals surface area contributed by atoms with Gasteiger partial charge in [0, 0.05) is 18.7 Å². The zero-order valence-electron chi connectivity index (χ0n) is 17.3.